The summed E-state index contributed by atoms with van der Waals surface area (Å²) in [6.07, 6.45) is 7.37. The summed E-state index contributed by atoms with van der Waals surface area (Å²) < 4.78 is 0. The maximum absolute atomic E-state index is 3.51. The Bertz CT molecular complexity index is 239. The summed E-state index contributed by atoms with van der Waals surface area (Å²) in [4.78, 5) is 2.74. The van der Waals surface area contributed by atoms with Gasteiger partial charge in [0, 0.05) is 19.6 Å². The molecule has 0 bridgehead atoms. The molecule has 0 aromatic heterocycles. The van der Waals surface area contributed by atoms with Gasteiger partial charge in [-0.05, 0) is 49.6 Å². The summed E-state index contributed by atoms with van der Waals surface area (Å²) in [6, 6.07) is 0. The van der Waals surface area contributed by atoms with E-state index >= 15 is 0 Å². The zero-order valence-corrected chi connectivity index (χ0v) is 10.0. The standard InChI is InChI=1S/C13H24N2/c1-12(5-7-14-9-12)10-15-8-6-13(11-15)3-2-4-13/h14H,2-11H2,1H3. The molecule has 3 aliphatic rings. The fraction of sp³-hybridized carbons (Fsp3) is 1.00. The van der Waals surface area contributed by atoms with E-state index in [9.17, 15) is 0 Å². The van der Waals surface area contributed by atoms with Crippen LogP contribution < -0.4 is 5.32 Å². The smallest absolute Gasteiger partial charge is 0.00482 e. The lowest BCUT2D eigenvalue weighted by molar-refractivity contribution is 0.123. The van der Waals surface area contributed by atoms with Crippen LogP contribution in [0.2, 0.25) is 0 Å². The number of likely N-dealkylation sites (tertiary alicyclic amines) is 1. The van der Waals surface area contributed by atoms with Crippen LogP contribution in [0, 0.1) is 10.8 Å². The maximum atomic E-state index is 3.51. The first-order chi connectivity index (χ1) is 7.20. The van der Waals surface area contributed by atoms with Crippen LogP contribution in [0.1, 0.15) is 39.0 Å². The molecule has 0 aromatic rings. The number of hydrogen-bond acceptors (Lipinski definition) is 2. The molecule has 0 aromatic carbocycles. The van der Waals surface area contributed by atoms with Gasteiger partial charge in [0.15, 0.2) is 0 Å². The molecule has 86 valence electrons. The first kappa shape index (κ1) is 10.1. The molecule has 2 saturated heterocycles. The highest BCUT2D eigenvalue weighted by Gasteiger charge is 2.44. The first-order valence-corrected chi connectivity index (χ1v) is 6.63. The Labute approximate surface area is 93.4 Å². The lowest BCUT2D eigenvalue weighted by Gasteiger charge is -2.39. The van der Waals surface area contributed by atoms with Crippen molar-refractivity contribution < 1.29 is 0 Å². The van der Waals surface area contributed by atoms with E-state index in [1.807, 2.05) is 0 Å². The first-order valence-electron chi connectivity index (χ1n) is 6.63. The third-order valence-electron chi connectivity index (χ3n) is 4.99. The number of nitrogens with one attached hydrogen (secondary N) is 1. The zero-order chi connectivity index (χ0) is 10.4. The van der Waals surface area contributed by atoms with E-state index in [0.717, 1.165) is 5.41 Å². The minimum atomic E-state index is 0.565. The summed E-state index contributed by atoms with van der Waals surface area (Å²) in [5.74, 6) is 0. The highest BCUT2D eigenvalue weighted by atomic mass is 15.2. The summed E-state index contributed by atoms with van der Waals surface area (Å²) in [7, 11) is 0. The van der Waals surface area contributed by atoms with Gasteiger partial charge < -0.3 is 10.2 Å². The quantitative estimate of drug-likeness (QED) is 0.745. The molecule has 1 atom stereocenters. The van der Waals surface area contributed by atoms with Crippen molar-refractivity contribution in [1.82, 2.24) is 10.2 Å². The number of rotatable bonds is 2. The van der Waals surface area contributed by atoms with E-state index in [2.05, 4.69) is 17.1 Å². The lowest BCUT2D eigenvalue weighted by atomic mass is 9.68. The van der Waals surface area contributed by atoms with Gasteiger partial charge in [-0.3, -0.25) is 0 Å². The van der Waals surface area contributed by atoms with Gasteiger partial charge in [-0.1, -0.05) is 13.3 Å². The van der Waals surface area contributed by atoms with E-state index in [1.54, 1.807) is 0 Å². The molecule has 2 heteroatoms. The highest BCUT2D eigenvalue weighted by molar-refractivity contribution is 4.97. The van der Waals surface area contributed by atoms with Crippen LogP contribution in [-0.2, 0) is 0 Å². The SMILES string of the molecule is CC1(CN2CCC3(CCC3)C2)CCNC1. The van der Waals surface area contributed by atoms with Gasteiger partial charge in [0.25, 0.3) is 0 Å². The minimum Gasteiger partial charge on any atom is -0.316 e. The zero-order valence-electron chi connectivity index (χ0n) is 10.0. The molecule has 0 radical (unpaired) electrons. The molecule has 2 nitrogen and oxygen atoms in total. The molecule has 1 aliphatic carbocycles. The molecule has 15 heavy (non-hydrogen) atoms. The van der Waals surface area contributed by atoms with Gasteiger partial charge in [0.2, 0.25) is 0 Å². The van der Waals surface area contributed by atoms with Gasteiger partial charge in [0.05, 0.1) is 0 Å². The molecule has 2 heterocycles. The van der Waals surface area contributed by atoms with Crippen LogP contribution in [0.3, 0.4) is 0 Å². The van der Waals surface area contributed by atoms with Crippen LogP contribution in [0.5, 0.6) is 0 Å². The lowest BCUT2D eigenvalue weighted by Crippen LogP contribution is -2.39. The third kappa shape index (κ3) is 1.83. The fourth-order valence-electron chi connectivity index (χ4n) is 3.79. The highest BCUT2D eigenvalue weighted by Crippen LogP contribution is 2.48. The molecular weight excluding hydrogens is 184 g/mol. The normalized spacial score (nSPS) is 39.8. The maximum Gasteiger partial charge on any atom is 0.00482 e. The van der Waals surface area contributed by atoms with Crippen LogP contribution in [-0.4, -0.2) is 37.6 Å². The van der Waals surface area contributed by atoms with E-state index in [-0.39, 0.29) is 0 Å². The monoisotopic (exact) mass is 208 g/mol. The number of nitrogens with zero attached hydrogens (tertiary/aromatic N) is 1. The molecule has 1 unspecified atom stereocenters. The van der Waals surface area contributed by atoms with Gasteiger partial charge >= 0.3 is 0 Å². The van der Waals surface area contributed by atoms with Crippen molar-refractivity contribution in [2.24, 2.45) is 10.8 Å². The summed E-state index contributed by atoms with van der Waals surface area (Å²) in [5.41, 5.74) is 1.34. The summed E-state index contributed by atoms with van der Waals surface area (Å²) in [5, 5.41) is 3.51. The predicted molar refractivity (Wildman–Crippen MR) is 62.9 cm³/mol. The molecule has 1 saturated carbocycles. The molecule has 3 fully saturated rings. The average Bonchev–Trinajstić information content (AvgIpc) is 2.72. The number of hydrogen-bond donors (Lipinski definition) is 1. The Kier molecular flexibility index (Phi) is 2.33. The average molecular weight is 208 g/mol. The largest absolute Gasteiger partial charge is 0.316 e. The Hall–Kier alpha value is -0.0800. The molecular formula is C13H24N2. The Morgan fingerprint density at radius 3 is 2.60 bits per heavy atom. The van der Waals surface area contributed by atoms with Crippen molar-refractivity contribution in [3.8, 4) is 0 Å². The van der Waals surface area contributed by atoms with Crippen LogP contribution >= 0.6 is 0 Å². The second-order valence-electron chi connectivity index (χ2n) is 6.55. The van der Waals surface area contributed by atoms with Gasteiger partial charge in [-0.15, -0.1) is 0 Å². The van der Waals surface area contributed by atoms with Crippen LogP contribution in [0.15, 0.2) is 0 Å². The van der Waals surface area contributed by atoms with Gasteiger partial charge in [-0.25, -0.2) is 0 Å². The minimum absolute atomic E-state index is 0.565. The van der Waals surface area contributed by atoms with Crippen LogP contribution in [0.4, 0.5) is 0 Å². The van der Waals surface area contributed by atoms with Gasteiger partial charge in [0.1, 0.15) is 0 Å². The van der Waals surface area contributed by atoms with Crippen molar-refractivity contribution in [2.75, 3.05) is 32.7 Å². The topological polar surface area (TPSA) is 15.3 Å². The summed E-state index contributed by atoms with van der Waals surface area (Å²) >= 11 is 0. The van der Waals surface area contributed by atoms with Crippen molar-refractivity contribution >= 4 is 0 Å². The Balaban J connectivity index is 1.56. The van der Waals surface area contributed by atoms with Crippen molar-refractivity contribution in [3.05, 3.63) is 0 Å². The van der Waals surface area contributed by atoms with E-state index in [1.165, 1.54) is 64.8 Å². The molecule has 2 aliphatic heterocycles. The molecule has 1 spiro atoms. The van der Waals surface area contributed by atoms with Crippen LogP contribution in [0.25, 0.3) is 0 Å². The van der Waals surface area contributed by atoms with E-state index < -0.39 is 0 Å². The Morgan fingerprint density at radius 2 is 2.07 bits per heavy atom. The Morgan fingerprint density at radius 1 is 1.20 bits per heavy atom. The van der Waals surface area contributed by atoms with Crippen molar-refractivity contribution in [3.63, 3.8) is 0 Å². The van der Waals surface area contributed by atoms with Crippen molar-refractivity contribution in [2.45, 2.75) is 39.0 Å². The van der Waals surface area contributed by atoms with Crippen molar-refractivity contribution in [1.29, 1.82) is 0 Å². The molecule has 3 rings (SSSR count). The van der Waals surface area contributed by atoms with Gasteiger partial charge in [-0.2, -0.15) is 0 Å². The van der Waals surface area contributed by atoms with E-state index in [0.29, 0.717) is 5.41 Å². The second-order valence-corrected chi connectivity index (χ2v) is 6.55. The van der Waals surface area contributed by atoms with E-state index in [4.69, 9.17) is 0 Å². The second kappa shape index (κ2) is 3.46. The fourth-order valence-corrected chi connectivity index (χ4v) is 3.79. The third-order valence-corrected chi connectivity index (χ3v) is 4.99. The molecule has 0 amide bonds. The summed E-state index contributed by atoms with van der Waals surface area (Å²) in [6.45, 7) is 9.03. The predicted octanol–water partition coefficient (Wildman–Crippen LogP) is 1.86. The molecule has 1 N–H and O–H groups in total.